The second-order valence-electron chi connectivity index (χ2n) is 4.29. The van der Waals surface area contributed by atoms with Crippen molar-refractivity contribution in [2.45, 2.75) is 25.9 Å². The third-order valence-electron chi connectivity index (χ3n) is 2.90. The first-order valence-corrected chi connectivity index (χ1v) is 7.08. The van der Waals surface area contributed by atoms with Gasteiger partial charge in [0.05, 0.1) is 0 Å². The summed E-state index contributed by atoms with van der Waals surface area (Å²) in [4.78, 5) is 1.28. The topological polar surface area (TPSA) is 12.0 Å². The fraction of sp³-hybridized carbons (Fsp3) is 0.286. The van der Waals surface area contributed by atoms with Crippen molar-refractivity contribution in [1.29, 1.82) is 0 Å². The quantitative estimate of drug-likeness (QED) is 0.837. The van der Waals surface area contributed by atoms with Gasteiger partial charge in [0.1, 0.15) is 5.82 Å². The highest BCUT2D eigenvalue weighted by atomic mass is 35.5. The predicted octanol–water partition coefficient (Wildman–Crippen LogP) is 4.95. The van der Waals surface area contributed by atoms with Crippen LogP contribution < -0.4 is 5.32 Å². The Kier molecular flexibility index (Phi) is 4.38. The van der Waals surface area contributed by atoms with E-state index < -0.39 is 0 Å². The molecule has 2 aromatic rings. The third kappa shape index (κ3) is 3.10. The van der Waals surface area contributed by atoms with Crippen molar-refractivity contribution in [2.24, 2.45) is 0 Å². The molecule has 1 unspecified atom stereocenters. The molecule has 0 saturated carbocycles. The van der Waals surface area contributed by atoms with E-state index in [4.69, 9.17) is 11.6 Å². The van der Waals surface area contributed by atoms with Gasteiger partial charge in [0.2, 0.25) is 0 Å². The van der Waals surface area contributed by atoms with E-state index in [2.05, 4.69) is 23.7 Å². The van der Waals surface area contributed by atoms with Crippen LogP contribution in [0.1, 0.15) is 36.4 Å². The van der Waals surface area contributed by atoms with E-state index in [1.165, 1.54) is 17.0 Å². The Morgan fingerprint density at radius 1 is 1.22 bits per heavy atom. The van der Waals surface area contributed by atoms with E-state index in [1.807, 2.05) is 13.0 Å². The van der Waals surface area contributed by atoms with Crippen LogP contribution in [0.15, 0.2) is 35.7 Å². The maximum absolute atomic E-state index is 13.0. The fourth-order valence-electron chi connectivity index (χ4n) is 1.94. The summed E-state index contributed by atoms with van der Waals surface area (Å²) in [6.45, 7) is 4.14. The van der Waals surface area contributed by atoms with Crippen LogP contribution in [0.4, 0.5) is 4.39 Å². The van der Waals surface area contributed by atoms with Crippen LogP contribution in [0.2, 0.25) is 5.02 Å². The largest absolute Gasteiger partial charge is 0.303 e. The Hall–Kier alpha value is -0.900. The molecule has 0 amide bonds. The highest BCUT2D eigenvalue weighted by molar-refractivity contribution is 7.10. The van der Waals surface area contributed by atoms with Crippen LogP contribution >= 0.6 is 22.9 Å². The molecule has 0 radical (unpaired) electrons. The first-order chi connectivity index (χ1) is 8.58. The van der Waals surface area contributed by atoms with E-state index in [-0.39, 0.29) is 17.9 Å². The zero-order valence-electron chi connectivity index (χ0n) is 10.3. The number of hydrogen-bond acceptors (Lipinski definition) is 2. The number of nitrogens with one attached hydrogen (secondary N) is 1. The Morgan fingerprint density at radius 3 is 2.61 bits per heavy atom. The minimum absolute atomic E-state index is 0.0789. The van der Waals surface area contributed by atoms with Gasteiger partial charge in [-0.05, 0) is 43.0 Å². The molecule has 0 aliphatic carbocycles. The van der Waals surface area contributed by atoms with Gasteiger partial charge in [-0.25, -0.2) is 4.39 Å². The molecule has 2 rings (SSSR count). The normalized spacial score (nSPS) is 14.4. The number of hydrogen-bond donors (Lipinski definition) is 1. The van der Waals surface area contributed by atoms with Crippen LogP contribution in [-0.2, 0) is 0 Å². The molecule has 1 N–H and O–H groups in total. The first kappa shape index (κ1) is 13.5. The summed E-state index contributed by atoms with van der Waals surface area (Å²) >= 11 is 7.77. The lowest BCUT2D eigenvalue weighted by atomic mass is 10.1. The molecule has 1 aromatic heterocycles. The van der Waals surface area contributed by atoms with Crippen molar-refractivity contribution in [3.63, 3.8) is 0 Å². The Labute approximate surface area is 116 Å². The van der Waals surface area contributed by atoms with Crippen LogP contribution in [0, 0.1) is 5.82 Å². The summed E-state index contributed by atoms with van der Waals surface area (Å²) in [5, 5.41) is 5.99. The van der Waals surface area contributed by atoms with Crippen LogP contribution in [-0.4, -0.2) is 0 Å². The maximum atomic E-state index is 13.0. The molecule has 96 valence electrons. The molecule has 18 heavy (non-hydrogen) atoms. The van der Waals surface area contributed by atoms with E-state index in [0.29, 0.717) is 5.02 Å². The number of halogens is 2. The molecule has 1 nitrogen and oxygen atoms in total. The minimum atomic E-state index is -0.303. The smallest absolute Gasteiger partial charge is 0.124 e. The highest BCUT2D eigenvalue weighted by Gasteiger charge is 2.14. The molecule has 0 aliphatic rings. The van der Waals surface area contributed by atoms with E-state index >= 15 is 0 Å². The molecule has 2 atom stereocenters. The molecule has 0 bridgehead atoms. The average molecular weight is 284 g/mol. The molecule has 4 heteroatoms. The summed E-state index contributed by atoms with van der Waals surface area (Å²) in [5.41, 5.74) is 0.918. The van der Waals surface area contributed by atoms with Gasteiger partial charge in [0.15, 0.2) is 0 Å². The monoisotopic (exact) mass is 283 g/mol. The second kappa shape index (κ2) is 5.83. The van der Waals surface area contributed by atoms with Crippen molar-refractivity contribution in [3.05, 3.63) is 57.0 Å². The van der Waals surface area contributed by atoms with Gasteiger partial charge in [0, 0.05) is 22.0 Å². The zero-order valence-corrected chi connectivity index (χ0v) is 11.9. The maximum Gasteiger partial charge on any atom is 0.124 e. The fourth-order valence-corrected chi connectivity index (χ4v) is 3.01. The summed E-state index contributed by atoms with van der Waals surface area (Å²) in [6.07, 6.45) is 0. The molecule has 0 aliphatic heterocycles. The van der Waals surface area contributed by atoms with E-state index in [0.717, 1.165) is 5.56 Å². The number of thiophene rings is 1. The number of rotatable bonds is 4. The zero-order chi connectivity index (χ0) is 13.1. The molecule has 1 heterocycles. The van der Waals surface area contributed by atoms with Crippen molar-refractivity contribution >= 4 is 22.9 Å². The standard InChI is InChI=1S/C14H15ClFNS/c1-9(12-6-5-11(16)8-13(12)15)17-10(2)14-4-3-7-18-14/h3-10,17H,1-2H3/t9?,10-/m1/s1. The molecule has 0 spiro atoms. The second-order valence-corrected chi connectivity index (χ2v) is 5.68. The van der Waals surface area contributed by atoms with Crippen LogP contribution in [0.3, 0.4) is 0 Å². The molecular weight excluding hydrogens is 269 g/mol. The minimum Gasteiger partial charge on any atom is -0.303 e. The Balaban J connectivity index is 2.10. The molecule has 0 fully saturated rings. The lowest BCUT2D eigenvalue weighted by Gasteiger charge is -2.20. The summed E-state index contributed by atoms with van der Waals surface area (Å²) in [6, 6.07) is 8.99. The lowest BCUT2D eigenvalue weighted by molar-refractivity contribution is 0.499. The highest BCUT2D eigenvalue weighted by Crippen LogP contribution is 2.27. The summed E-state index contributed by atoms with van der Waals surface area (Å²) < 4.78 is 13.0. The van der Waals surface area contributed by atoms with Crippen molar-refractivity contribution in [1.82, 2.24) is 5.32 Å². The van der Waals surface area contributed by atoms with Crippen LogP contribution in [0.25, 0.3) is 0 Å². The Morgan fingerprint density at radius 2 is 2.00 bits per heavy atom. The van der Waals surface area contributed by atoms with Gasteiger partial charge < -0.3 is 5.32 Å². The average Bonchev–Trinajstić information content (AvgIpc) is 2.81. The SMILES string of the molecule is CC(N[C@H](C)c1cccs1)c1ccc(F)cc1Cl. The predicted molar refractivity (Wildman–Crippen MR) is 75.7 cm³/mol. The van der Waals surface area contributed by atoms with Gasteiger partial charge in [-0.1, -0.05) is 23.7 Å². The summed E-state index contributed by atoms with van der Waals surface area (Å²) in [7, 11) is 0. The van der Waals surface area contributed by atoms with Gasteiger partial charge >= 0.3 is 0 Å². The molecule has 0 saturated heterocycles. The lowest BCUT2D eigenvalue weighted by Crippen LogP contribution is -2.22. The number of benzene rings is 1. The van der Waals surface area contributed by atoms with Crippen molar-refractivity contribution < 1.29 is 4.39 Å². The van der Waals surface area contributed by atoms with Crippen LogP contribution in [0.5, 0.6) is 0 Å². The summed E-state index contributed by atoms with van der Waals surface area (Å²) in [5.74, 6) is -0.303. The van der Waals surface area contributed by atoms with Gasteiger partial charge in [-0.15, -0.1) is 11.3 Å². The van der Waals surface area contributed by atoms with Gasteiger partial charge in [0.25, 0.3) is 0 Å². The van der Waals surface area contributed by atoms with Gasteiger partial charge in [-0.2, -0.15) is 0 Å². The van der Waals surface area contributed by atoms with Gasteiger partial charge in [-0.3, -0.25) is 0 Å². The third-order valence-corrected chi connectivity index (χ3v) is 4.28. The van der Waals surface area contributed by atoms with E-state index in [9.17, 15) is 4.39 Å². The van der Waals surface area contributed by atoms with Crippen molar-refractivity contribution in [2.75, 3.05) is 0 Å². The van der Waals surface area contributed by atoms with Crippen molar-refractivity contribution in [3.8, 4) is 0 Å². The Bertz CT molecular complexity index is 513. The first-order valence-electron chi connectivity index (χ1n) is 5.82. The molecule has 1 aromatic carbocycles. The molecular formula is C14H15ClFNS. The van der Waals surface area contributed by atoms with E-state index in [1.54, 1.807) is 17.4 Å².